The van der Waals surface area contributed by atoms with E-state index in [0.29, 0.717) is 12.5 Å². The van der Waals surface area contributed by atoms with Gasteiger partial charge in [0.05, 0.1) is 0 Å². The van der Waals surface area contributed by atoms with Crippen LogP contribution in [0, 0.1) is 0 Å². The molecule has 0 aromatic heterocycles. The zero-order valence-corrected chi connectivity index (χ0v) is 14.4. The van der Waals surface area contributed by atoms with E-state index in [1.807, 2.05) is 35.2 Å². The highest BCUT2D eigenvalue weighted by atomic mass is 35.5. The van der Waals surface area contributed by atoms with Gasteiger partial charge in [-0.2, -0.15) is 0 Å². The molecule has 0 bridgehead atoms. The maximum absolute atomic E-state index is 12.9. The van der Waals surface area contributed by atoms with Crippen molar-refractivity contribution in [1.29, 1.82) is 0 Å². The van der Waals surface area contributed by atoms with E-state index >= 15 is 0 Å². The molecule has 0 radical (unpaired) electrons. The summed E-state index contributed by atoms with van der Waals surface area (Å²) < 4.78 is 0. The summed E-state index contributed by atoms with van der Waals surface area (Å²) in [5.74, 6) is 0.554. The van der Waals surface area contributed by atoms with Crippen LogP contribution in [0.2, 0.25) is 0 Å². The molecule has 3 rings (SSSR count). The van der Waals surface area contributed by atoms with Crippen LogP contribution in [0.3, 0.4) is 0 Å². The quantitative estimate of drug-likeness (QED) is 0.903. The Hall–Kier alpha value is -1.84. The van der Waals surface area contributed by atoms with Crippen LogP contribution < -0.4 is 10.2 Å². The number of fused-ring (bicyclic) bond motifs is 1. The van der Waals surface area contributed by atoms with Crippen molar-refractivity contribution in [3.8, 4) is 0 Å². The van der Waals surface area contributed by atoms with Crippen LogP contribution in [0.25, 0.3) is 0 Å². The van der Waals surface area contributed by atoms with Gasteiger partial charge in [0.15, 0.2) is 0 Å². The van der Waals surface area contributed by atoms with Crippen LogP contribution in [-0.2, 0) is 6.54 Å². The van der Waals surface area contributed by atoms with Crippen molar-refractivity contribution in [2.75, 3.05) is 18.0 Å². The molecule has 1 aliphatic heterocycles. The van der Waals surface area contributed by atoms with Crippen LogP contribution in [-0.4, -0.2) is 19.0 Å². The maximum Gasteiger partial charge on any atom is 0.258 e. The number of carbonyl (C=O) groups excluding carboxylic acids is 1. The molecule has 3 nitrogen and oxygen atoms in total. The van der Waals surface area contributed by atoms with Crippen LogP contribution in [0.1, 0.15) is 41.3 Å². The van der Waals surface area contributed by atoms with Gasteiger partial charge in [-0.15, -0.1) is 12.4 Å². The Kier molecular flexibility index (Phi) is 5.80. The standard InChI is InChI=1S/C19H22N2O.ClH/c1-14(2)15-7-9-16(10-8-15)19(22)21-12-11-20-13-17-5-3-4-6-18(17)21;/h3-10,14,20H,11-13H2,1-2H3;1H. The largest absolute Gasteiger partial charge is 0.311 e. The Bertz CT molecular complexity index is 667. The topological polar surface area (TPSA) is 32.3 Å². The number of benzene rings is 2. The average Bonchev–Trinajstić information content (AvgIpc) is 2.76. The number of rotatable bonds is 2. The minimum Gasteiger partial charge on any atom is -0.311 e. The highest BCUT2D eigenvalue weighted by molar-refractivity contribution is 6.06. The second-order valence-electron chi connectivity index (χ2n) is 6.04. The molecule has 23 heavy (non-hydrogen) atoms. The van der Waals surface area contributed by atoms with E-state index < -0.39 is 0 Å². The number of amides is 1. The molecule has 1 amide bonds. The van der Waals surface area contributed by atoms with Crippen LogP contribution >= 0.6 is 12.4 Å². The summed E-state index contributed by atoms with van der Waals surface area (Å²) >= 11 is 0. The van der Waals surface area contributed by atoms with E-state index in [4.69, 9.17) is 0 Å². The predicted octanol–water partition coefficient (Wildman–Crippen LogP) is 3.98. The SMILES string of the molecule is CC(C)c1ccc(C(=O)N2CCNCc3ccccc32)cc1.Cl. The summed E-state index contributed by atoms with van der Waals surface area (Å²) in [6.45, 7) is 6.64. The van der Waals surface area contributed by atoms with Gasteiger partial charge < -0.3 is 10.2 Å². The second kappa shape index (κ2) is 7.62. The van der Waals surface area contributed by atoms with Gasteiger partial charge in [0, 0.05) is 30.9 Å². The number of nitrogens with one attached hydrogen (secondary N) is 1. The van der Waals surface area contributed by atoms with E-state index in [1.54, 1.807) is 0 Å². The number of halogens is 1. The molecule has 0 saturated carbocycles. The lowest BCUT2D eigenvalue weighted by Crippen LogP contribution is -2.34. The molecule has 0 unspecified atom stereocenters. The number of hydrogen-bond donors (Lipinski definition) is 1. The lowest BCUT2D eigenvalue weighted by Gasteiger charge is -2.22. The van der Waals surface area contributed by atoms with Gasteiger partial charge in [-0.1, -0.05) is 44.2 Å². The van der Waals surface area contributed by atoms with E-state index in [-0.39, 0.29) is 18.3 Å². The van der Waals surface area contributed by atoms with Gasteiger partial charge in [-0.3, -0.25) is 4.79 Å². The Balaban J connectivity index is 0.00000192. The molecule has 0 atom stereocenters. The minimum absolute atomic E-state index is 0. The van der Waals surface area contributed by atoms with Crippen LogP contribution in [0.5, 0.6) is 0 Å². The molecule has 1 N–H and O–H groups in total. The summed E-state index contributed by atoms with van der Waals surface area (Å²) in [7, 11) is 0. The molecule has 0 aliphatic carbocycles. The van der Waals surface area contributed by atoms with Gasteiger partial charge in [-0.25, -0.2) is 0 Å². The van der Waals surface area contributed by atoms with E-state index in [1.165, 1.54) is 11.1 Å². The zero-order chi connectivity index (χ0) is 15.5. The molecule has 2 aromatic carbocycles. The molecule has 2 aromatic rings. The minimum atomic E-state index is 0. The Morgan fingerprint density at radius 3 is 2.48 bits per heavy atom. The first-order valence-electron chi connectivity index (χ1n) is 7.87. The van der Waals surface area contributed by atoms with Crippen LogP contribution in [0.4, 0.5) is 5.69 Å². The summed E-state index contributed by atoms with van der Waals surface area (Å²) in [5, 5.41) is 3.37. The molecule has 122 valence electrons. The summed E-state index contributed by atoms with van der Waals surface area (Å²) in [6.07, 6.45) is 0. The first kappa shape index (κ1) is 17.5. The van der Waals surface area contributed by atoms with E-state index in [0.717, 1.165) is 24.3 Å². The van der Waals surface area contributed by atoms with Gasteiger partial charge in [0.1, 0.15) is 0 Å². The summed E-state index contributed by atoms with van der Waals surface area (Å²) in [4.78, 5) is 14.8. The van der Waals surface area contributed by atoms with E-state index in [9.17, 15) is 4.79 Å². The average molecular weight is 331 g/mol. The van der Waals surface area contributed by atoms with Gasteiger partial charge in [0.2, 0.25) is 0 Å². The highest BCUT2D eigenvalue weighted by Gasteiger charge is 2.21. The normalized spacial score (nSPS) is 14.0. The fraction of sp³-hybridized carbons (Fsp3) is 0.316. The van der Waals surface area contributed by atoms with Crippen LogP contribution in [0.15, 0.2) is 48.5 Å². The first-order valence-corrected chi connectivity index (χ1v) is 7.87. The lowest BCUT2D eigenvalue weighted by molar-refractivity contribution is 0.0987. The lowest BCUT2D eigenvalue weighted by atomic mass is 10.0. The fourth-order valence-electron chi connectivity index (χ4n) is 2.84. The number of hydrogen-bond acceptors (Lipinski definition) is 2. The van der Waals surface area contributed by atoms with Gasteiger partial charge >= 0.3 is 0 Å². The monoisotopic (exact) mass is 330 g/mol. The molecule has 0 fully saturated rings. The number of para-hydroxylation sites is 1. The van der Waals surface area contributed by atoms with Crippen molar-refractivity contribution in [3.05, 3.63) is 65.2 Å². The van der Waals surface area contributed by atoms with Crippen molar-refractivity contribution < 1.29 is 4.79 Å². The van der Waals surface area contributed by atoms with E-state index in [2.05, 4.69) is 37.4 Å². The smallest absolute Gasteiger partial charge is 0.258 e. The predicted molar refractivity (Wildman–Crippen MR) is 97.6 cm³/mol. The Morgan fingerprint density at radius 1 is 1.09 bits per heavy atom. The Labute approximate surface area is 144 Å². The number of nitrogens with zero attached hydrogens (tertiary/aromatic N) is 1. The number of carbonyl (C=O) groups is 1. The highest BCUT2D eigenvalue weighted by Crippen LogP contribution is 2.24. The molecule has 1 heterocycles. The third kappa shape index (κ3) is 3.74. The maximum atomic E-state index is 12.9. The third-order valence-electron chi connectivity index (χ3n) is 4.18. The second-order valence-corrected chi connectivity index (χ2v) is 6.04. The third-order valence-corrected chi connectivity index (χ3v) is 4.18. The molecule has 4 heteroatoms. The zero-order valence-electron chi connectivity index (χ0n) is 13.6. The molecular weight excluding hydrogens is 308 g/mol. The number of anilines is 1. The first-order chi connectivity index (χ1) is 10.7. The van der Waals surface area contributed by atoms with Crippen molar-refractivity contribution in [1.82, 2.24) is 5.32 Å². The Morgan fingerprint density at radius 2 is 1.78 bits per heavy atom. The van der Waals surface area contributed by atoms with Gasteiger partial charge in [0.25, 0.3) is 5.91 Å². The van der Waals surface area contributed by atoms with Crippen molar-refractivity contribution in [2.24, 2.45) is 0 Å². The summed E-state index contributed by atoms with van der Waals surface area (Å²) in [5.41, 5.74) is 4.20. The van der Waals surface area contributed by atoms with Crippen molar-refractivity contribution in [3.63, 3.8) is 0 Å². The molecule has 0 saturated heterocycles. The van der Waals surface area contributed by atoms with Crippen molar-refractivity contribution in [2.45, 2.75) is 26.3 Å². The molecule has 0 spiro atoms. The molecule has 1 aliphatic rings. The van der Waals surface area contributed by atoms with Crippen molar-refractivity contribution >= 4 is 24.0 Å². The fourth-order valence-corrected chi connectivity index (χ4v) is 2.84. The molecular formula is C19H23ClN2O. The van der Waals surface area contributed by atoms with Gasteiger partial charge in [-0.05, 0) is 35.2 Å². The summed E-state index contributed by atoms with van der Waals surface area (Å²) in [6, 6.07) is 16.1.